The van der Waals surface area contributed by atoms with Gasteiger partial charge in [0.2, 0.25) is 6.41 Å². The lowest BCUT2D eigenvalue weighted by molar-refractivity contribution is -0.139. The number of carbonyl (C=O) groups excluding carboxylic acids is 1. The molecular formula is C12H16N2O3. The SMILES string of the molecule is CC(C)C[C@@H](C(=O)O)N(C=O)c1ccccn1. The maximum atomic E-state index is 11.2. The summed E-state index contributed by atoms with van der Waals surface area (Å²) >= 11 is 0. The molecule has 17 heavy (non-hydrogen) atoms. The first kappa shape index (κ1) is 13.2. The number of pyridine rings is 1. The maximum absolute atomic E-state index is 11.2. The summed E-state index contributed by atoms with van der Waals surface area (Å²) < 4.78 is 0. The highest BCUT2D eigenvalue weighted by atomic mass is 16.4. The van der Waals surface area contributed by atoms with E-state index in [1.807, 2.05) is 13.8 Å². The molecular weight excluding hydrogens is 220 g/mol. The smallest absolute Gasteiger partial charge is 0.326 e. The normalized spacial score (nSPS) is 12.2. The molecule has 5 nitrogen and oxygen atoms in total. The third kappa shape index (κ3) is 3.55. The molecule has 0 aliphatic carbocycles. The van der Waals surface area contributed by atoms with E-state index in [0.717, 1.165) is 4.90 Å². The highest BCUT2D eigenvalue weighted by Crippen LogP contribution is 2.17. The van der Waals surface area contributed by atoms with Crippen molar-refractivity contribution in [3.63, 3.8) is 0 Å². The van der Waals surface area contributed by atoms with E-state index in [9.17, 15) is 9.59 Å². The van der Waals surface area contributed by atoms with Crippen LogP contribution in [0.3, 0.4) is 0 Å². The fraction of sp³-hybridized carbons (Fsp3) is 0.417. The van der Waals surface area contributed by atoms with Crippen molar-refractivity contribution >= 4 is 18.2 Å². The number of hydrogen-bond donors (Lipinski definition) is 1. The van der Waals surface area contributed by atoms with Crippen LogP contribution in [0, 0.1) is 5.92 Å². The van der Waals surface area contributed by atoms with Crippen LogP contribution < -0.4 is 4.90 Å². The predicted octanol–water partition coefficient (Wildman–Crippen LogP) is 1.54. The van der Waals surface area contributed by atoms with Crippen LogP contribution in [-0.4, -0.2) is 28.5 Å². The molecule has 1 amide bonds. The van der Waals surface area contributed by atoms with Gasteiger partial charge in [-0.3, -0.25) is 9.69 Å². The Hall–Kier alpha value is -1.91. The highest BCUT2D eigenvalue weighted by molar-refractivity contribution is 5.87. The van der Waals surface area contributed by atoms with E-state index in [1.165, 1.54) is 6.20 Å². The van der Waals surface area contributed by atoms with Crippen LogP contribution in [0.5, 0.6) is 0 Å². The molecule has 0 bridgehead atoms. The van der Waals surface area contributed by atoms with Gasteiger partial charge in [0, 0.05) is 6.20 Å². The number of nitrogens with zero attached hydrogens (tertiary/aromatic N) is 2. The fourth-order valence-electron chi connectivity index (χ4n) is 1.57. The molecule has 0 saturated heterocycles. The van der Waals surface area contributed by atoms with Gasteiger partial charge >= 0.3 is 5.97 Å². The van der Waals surface area contributed by atoms with Gasteiger partial charge in [0.05, 0.1) is 0 Å². The Morgan fingerprint density at radius 3 is 2.65 bits per heavy atom. The largest absolute Gasteiger partial charge is 0.480 e. The Kier molecular flexibility index (Phi) is 4.63. The number of anilines is 1. The summed E-state index contributed by atoms with van der Waals surface area (Å²) in [6.45, 7) is 3.83. The molecule has 92 valence electrons. The van der Waals surface area contributed by atoms with Gasteiger partial charge in [0.15, 0.2) is 0 Å². The Balaban J connectivity index is 2.97. The molecule has 0 aromatic carbocycles. The van der Waals surface area contributed by atoms with Crippen molar-refractivity contribution in [3.05, 3.63) is 24.4 Å². The van der Waals surface area contributed by atoms with Crippen molar-refractivity contribution in [2.75, 3.05) is 4.90 Å². The van der Waals surface area contributed by atoms with Crippen molar-refractivity contribution in [1.29, 1.82) is 0 Å². The van der Waals surface area contributed by atoms with E-state index in [1.54, 1.807) is 18.2 Å². The first-order valence-corrected chi connectivity index (χ1v) is 5.43. The third-order valence-electron chi connectivity index (χ3n) is 2.34. The van der Waals surface area contributed by atoms with E-state index in [4.69, 9.17) is 5.11 Å². The summed E-state index contributed by atoms with van der Waals surface area (Å²) in [6, 6.07) is 4.17. The summed E-state index contributed by atoms with van der Waals surface area (Å²) in [5.74, 6) is -0.478. The summed E-state index contributed by atoms with van der Waals surface area (Å²) in [5.41, 5.74) is 0. The third-order valence-corrected chi connectivity index (χ3v) is 2.34. The van der Waals surface area contributed by atoms with E-state index < -0.39 is 12.0 Å². The minimum Gasteiger partial charge on any atom is -0.480 e. The summed E-state index contributed by atoms with van der Waals surface area (Å²) in [4.78, 5) is 27.4. The van der Waals surface area contributed by atoms with Gasteiger partial charge in [-0.1, -0.05) is 19.9 Å². The second-order valence-electron chi connectivity index (χ2n) is 4.18. The van der Waals surface area contributed by atoms with E-state index in [0.29, 0.717) is 18.6 Å². The zero-order valence-electron chi connectivity index (χ0n) is 9.91. The summed E-state index contributed by atoms with van der Waals surface area (Å²) in [5, 5.41) is 9.16. The molecule has 0 unspecified atom stereocenters. The Morgan fingerprint density at radius 1 is 1.53 bits per heavy atom. The molecule has 0 radical (unpaired) electrons. The van der Waals surface area contributed by atoms with Crippen molar-refractivity contribution in [2.45, 2.75) is 26.3 Å². The highest BCUT2D eigenvalue weighted by Gasteiger charge is 2.27. The number of aromatic nitrogens is 1. The first-order valence-electron chi connectivity index (χ1n) is 5.43. The zero-order valence-corrected chi connectivity index (χ0v) is 9.91. The molecule has 1 aromatic heterocycles. The number of carbonyl (C=O) groups is 2. The van der Waals surface area contributed by atoms with Gasteiger partial charge in [-0.2, -0.15) is 0 Å². The number of rotatable bonds is 6. The Labute approximate surface area is 100 Å². The number of hydrogen-bond acceptors (Lipinski definition) is 3. The van der Waals surface area contributed by atoms with Crippen molar-refractivity contribution in [1.82, 2.24) is 4.98 Å². The fourth-order valence-corrected chi connectivity index (χ4v) is 1.57. The van der Waals surface area contributed by atoms with E-state index in [-0.39, 0.29) is 5.92 Å². The van der Waals surface area contributed by atoms with E-state index >= 15 is 0 Å². The van der Waals surface area contributed by atoms with Gasteiger partial charge in [0.25, 0.3) is 0 Å². The molecule has 0 spiro atoms. The second-order valence-corrected chi connectivity index (χ2v) is 4.18. The molecule has 0 fully saturated rings. The van der Waals surface area contributed by atoms with E-state index in [2.05, 4.69) is 4.98 Å². The van der Waals surface area contributed by atoms with Crippen LogP contribution in [-0.2, 0) is 9.59 Å². The summed E-state index contributed by atoms with van der Waals surface area (Å²) in [6.07, 6.45) is 2.44. The summed E-state index contributed by atoms with van der Waals surface area (Å²) in [7, 11) is 0. The van der Waals surface area contributed by atoms with Crippen molar-refractivity contribution < 1.29 is 14.7 Å². The minimum absolute atomic E-state index is 0.183. The second kappa shape index (κ2) is 5.98. The molecule has 0 aliphatic rings. The van der Waals surface area contributed by atoms with Crippen LogP contribution in [0.2, 0.25) is 0 Å². The topological polar surface area (TPSA) is 70.5 Å². The Morgan fingerprint density at radius 2 is 2.24 bits per heavy atom. The standard InChI is InChI=1S/C12H16N2O3/c1-9(2)7-10(12(16)17)14(8-15)11-5-3-4-6-13-11/h3-6,8-10H,7H2,1-2H3,(H,16,17)/t10-/m0/s1. The predicted molar refractivity (Wildman–Crippen MR) is 63.7 cm³/mol. The monoisotopic (exact) mass is 236 g/mol. The lowest BCUT2D eigenvalue weighted by Gasteiger charge is -2.25. The average molecular weight is 236 g/mol. The number of aliphatic carboxylic acids is 1. The molecule has 0 saturated carbocycles. The van der Waals surface area contributed by atoms with Crippen LogP contribution in [0.25, 0.3) is 0 Å². The quantitative estimate of drug-likeness (QED) is 0.760. The van der Waals surface area contributed by atoms with Gasteiger partial charge in [-0.15, -0.1) is 0 Å². The number of carboxylic acids is 1. The van der Waals surface area contributed by atoms with Crippen LogP contribution in [0.4, 0.5) is 5.82 Å². The van der Waals surface area contributed by atoms with Gasteiger partial charge in [-0.25, -0.2) is 9.78 Å². The molecule has 1 aromatic rings. The molecule has 1 heterocycles. The lowest BCUT2D eigenvalue weighted by atomic mass is 10.0. The molecule has 0 aliphatic heterocycles. The molecule has 1 rings (SSSR count). The minimum atomic E-state index is -1.02. The van der Waals surface area contributed by atoms with Crippen LogP contribution in [0.1, 0.15) is 20.3 Å². The van der Waals surface area contributed by atoms with Gasteiger partial charge < -0.3 is 5.11 Å². The first-order chi connectivity index (χ1) is 8.06. The number of carboxylic acid groups (broad SMARTS) is 1. The maximum Gasteiger partial charge on any atom is 0.326 e. The van der Waals surface area contributed by atoms with Crippen LogP contribution in [0.15, 0.2) is 24.4 Å². The van der Waals surface area contributed by atoms with Crippen molar-refractivity contribution in [2.24, 2.45) is 5.92 Å². The molecule has 1 atom stereocenters. The molecule has 5 heteroatoms. The molecule has 1 N–H and O–H groups in total. The number of amides is 1. The van der Waals surface area contributed by atoms with Crippen LogP contribution >= 0.6 is 0 Å². The lowest BCUT2D eigenvalue weighted by Crippen LogP contribution is -2.41. The zero-order chi connectivity index (χ0) is 12.8. The van der Waals surface area contributed by atoms with Crippen molar-refractivity contribution in [3.8, 4) is 0 Å². The Bertz CT molecular complexity index is 379. The van der Waals surface area contributed by atoms with Gasteiger partial charge in [0.1, 0.15) is 11.9 Å². The van der Waals surface area contributed by atoms with Gasteiger partial charge in [-0.05, 0) is 24.5 Å². The average Bonchev–Trinajstić information content (AvgIpc) is 2.29.